The molecule has 0 spiro atoms. The van der Waals surface area contributed by atoms with Crippen LogP contribution in [0, 0.1) is 12.7 Å². The quantitative estimate of drug-likeness (QED) is 0.367. The number of allylic oxidation sites excluding steroid dienone is 1. The van der Waals surface area contributed by atoms with Gasteiger partial charge in [0, 0.05) is 54.5 Å². The van der Waals surface area contributed by atoms with Gasteiger partial charge in [-0.15, -0.1) is 0 Å². The fraction of sp³-hybridized carbons (Fsp3) is 0.348. The van der Waals surface area contributed by atoms with E-state index in [1.165, 1.54) is 6.07 Å². The van der Waals surface area contributed by atoms with Crippen LogP contribution in [0.5, 0.6) is 0 Å². The molecular weight excluding hydrogens is 445 g/mol. The second-order valence-electron chi connectivity index (χ2n) is 8.20. The molecule has 1 aliphatic heterocycles. The summed E-state index contributed by atoms with van der Waals surface area (Å²) in [6, 6.07) is 6.63. The number of rotatable bonds is 6. The van der Waals surface area contributed by atoms with E-state index in [9.17, 15) is 4.39 Å². The first-order valence-electron chi connectivity index (χ1n) is 10.8. The number of nitrogens with two attached hydrogens (primary N) is 2. The summed E-state index contributed by atoms with van der Waals surface area (Å²) in [5, 5.41) is 5.08. The minimum atomic E-state index is -0.360. The highest BCUT2D eigenvalue weighted by Crippen LogP contribution is 2.23. The maximum atomic E-state index is 14.5. The van der Waals surface area contributed by atoms with E-state index in [0.717, 1.165) is 35.7 Å². The van der Waals surface area contributed by atoms with Gasteiger partial charge in [0.1, 0.15) is 5.82 Å². The third kappa shape index (κ3) is 5.50. The van der Waals surface area contributed by atoms with Crippen LogP contribution in [0.25, 0.3) is 5.65 Å². The number of nitrogens with zero attached hydrogens (tertiary/aromatic N) is 4. The van der Waals surface area contributed by atoms with E-state index in [-0.39, 0.29) is 5.82 Å². The van der Waals surface area contributed by atoms with Crippen molar-refractivity contribution in [1.29, 1.82) is 0 Å². The zero-order chi connectivity index (χ0) is 23.5. The maximum Gasteiger partial charge on any atom is 0.285 e. The van der Waals surface area contributed by atoms with Crippen molar-refractivity contribution in [1.82, 2.24) is 19.5 Å². The summed E-state index contributed by atoms with van der Waals surface area (Å²) in [7, 11) is 0. The van der Waals surface area contributed by atoms with Crippen LogP contribution in [0.3, 0.4) is 0 Å². The molecule has 0 unspecified atom stereocenters. The Morgan fingerprint density at radius 1 is 1.24 bits per heavy atom. The molecule has 1 aliphatic rings. The topological polar surface area (TPSA) is 109 Å². The first-order valence-corrected chi connectivity index (χ1v) is 11.1. The van der Waals surface area contributed by atoms with Gasteiger partial charge < -0.3 is 16.2 Å². The molecule has 1 saturated heterocycles. The molecule has 1 fully saturated rings. The van der Waals surface area contributed by atoms with Crippen LogP contribution in [0.1, 0.15) is 29.4 Å². The van der Waals surface area contributed by atoms with Crippen molar-refractivity contribution >= 4 is 28.9 Å². The molecule has 10 heteroatoms. The van der Waals surface area contributed by atoms with E-state index in [2.05, 4.69) is 9.89 Å². The predicted molar refractivity (Wildman–Crippen MR) is 126 cm³/mol. The first kappa shape index (κ1) is 23.2. The number of aromatic nitrogens is 3. The number of amidine groups is 1. The summed E-state index contributed by atoms with van der Waals surface area (Å²) in [6.45, 7) is 7.41. The summed E-state index contributed by atoms with van der Waals surface area (Å²) in [5.41, 5.74) is 16.2. The molecule has 0 atom stereocenters. The Morgan fingerprint density at radius 2 is 2.00 bits per heavy atom. The lowest BCUT2D eigenvalue weighted by Gasteiger charge is -2.26. The Kier molecular flexibility index (Phi) is 6.92. The van der Waals surface area contributed by atoms with Crippen LogP contribution >= 0.6 is 11.6 Å². The van der Waals surface area contributed by atoms with Gasteiger partial charge in [-0.05, 0) is 36.6 Å². The Morgan fingerprint density at radius 3 is 2.70 bits per heavy atom. The second-order valence-corrected chi connectivity index (χ2v) is 8.64. The van der Waals surface area contributed by atoms with Crippen LogP contribution in [0.2, 0.25) is 5.02 Å². The Balaban J connectivity index is 1.81. The van der Waals surface area contributed by atoms with Gasteiger partial charge in [-0.3, -0.25) is 4.90 Å². The first-order chi connectivity index (χ1) is 15.8. The fourth-order valence-electron chi connectivity index (χ4n) is 3.89. The van der Waals surface area contributed by atoms with Gasteiger partial charge in [-0.25, -0.2) is 14.4 Å². The molecule has 4 rings (SSSR count). The maximum absolute atomic E-state index is 14.5. The van der Waals surface area contributed by atoms with Crippen LogP contribution in [0.15, 0.2) is 36.0 Å². The van der Waals surface area contributed by atoms with E-state index < -0.39 is 0 Å². The van der Waals surface area contributed by atoms with Crippen LogP contribution in [-0.4, -0.2) is 51.6 Å². The predicted octanol–water partition coefficient (Wildman–Crippen LogP) is 1.19. The number of hydrogen-bond donors (Lipinski definition) is 3. The fourth-order valence-corrected chi connectivity index (χ4v) is 4.05. The Bertz CT molecular complexity index is 1230. The second kappa shape index (κ2) is 9.86. The van der Waals surface area contributed by atoms with E-state index in [4.69, 9.17) is 37.9 Å². The number of ether oxygens (including phenoxy) is 1. The highest BCUT2D eigenvalue weighted by Gasteiger charge is 2.21. The number of halogens is 2. The minimum Gasteiger partial charge on any atom is -0.402 e. The van der Waals surface area contributed by atoms with E-state index >= 15 is 0 Å². The molecule has 3 heterocycles. The van der Waals surface area contributed by atoms with E-state index in [0.29, 0.717) is 54.1 Å². The number of benzene rings is 1. The summed E-state index contributed by atoms with van der Waals surface area (Å²) < 4.78 is 21.8. The number of morpholine rings is 1. The lowest BCUT2D eigenvalue weighted by molar-refractivity contribution is -0.359. The number of aryl methyl sites for hydroxylation is 1. The molecule has 2 aromatic heterocycles. The van der Waals surface area contributed by atoms with E-state index in [1.807, 2.05) is 13.0 Å². The normalized spacial score (nSPS) is 16.0. The van der Waals surface area contributed by atoms with Crippen LogP contribution in [0.4, 0.5) is 10.2 Å². The summed E-state index contributed by atoms with van der Waals surface area (Å²) in [6.07, 6.45) is 1.96. The van der Waals surface area contributed by atoms with Gasteiger partial charge in [0.05, 0.1) is 24.6 Å². The average Bonchev–Trinajstić information content (AvgIpc) is 3.06. The van der Waals surface area contributed by atoms with Crippen LogP contribution in [-0.2, 0) is 17.7 Å². The SMILES string of the molecule is C/C(N)=C/C(N)=[NH+]c1cc(CN2CCOCC2)c2nc(C)c(Cc3ccc(Cl)cc3F)n2n1. The van der Waals surface area contributed by atoms with Crippen molar-refractivity contribution in [3.05, 3.63) is 69.4 Å². The van der Waals surface area contributed by atoms with Gasteiger partial charge in [0.15, 0.2) is 5.65 Å². The Hall–Kier alpha value is -3.01. The van der Waals surface area contributed by atoms with Crippen molar-refractivity contribution in [2.24, 2.45) is 11.5 Å². The summed E-state index contributed by atoms with van der Waals surface area (Å²) in [5.74, 6) is 0.568. The smallest absolute Gasteiger partial charge is 0.285 e. The molecule has 3 aromatic rings. The van der Waals surface area contributed by atoms with Crippen molar-refractivity contribution in [3.63, 3.8) is 0 Å². The van der Waals surface area contributed by atoms with Crippen molar-refractivity contribution in [2.45, 2.75) is 26.8 Å². The molecule has 33 heavy (non-hydrogen) atoms. The molecule has 0 radical (unpaired) electrons. The zero-order valence-corrected chi connectivity index (χ0v) is 19.5. The van der Waals surface area contributed by atoms with Crippen LogP contribution < -0.4 is 16.5 Å². The number of fused-ring (bicyclic) bond motifs is 1. The Labute approximate surface area is 196 Å². The average molecular weight is 473 g/mol. The van der Waals surface area contributed by atoms with Gasteiger partial charge in [-0.2, -0.15) is 4.52 Å². The molecule has 0 aliphatic carbocycles. The van der Waals surface area contributed by atoms with Gasteiger partial charge in [-0.1, -0.05) is 17.7 Å². The lowest BCUT2D eigenvalue weighted by atomic mass is 10.1. The van der Waals surface area contributed by atoms with Crippen molar-refractivity contribution in [2.75, 3.05) is 26.3 Å². The number of hydrogen-bond acceptors (Lipinski definition) is 5. The van der Waals surface area contributed by atoms with Gasteiger partial charge in [0.2, 0.25) is 5.84 Å². The van der Waals surface area contributed by atoms with Crippen molar-refractivity contribution in [3.8, 4) is 0 Å². The highest BCUT2D eigenvalue weighted by atomic mass is 35.5. The van der Waals surface area contributed by atoms with E-state index in [1.54, 1.807) is 29.6 Å². The van der Waals surface area contributed by atoms with Crippen molar-refractivity contribution < 1.29 is 14.1 Å². The molecule has 0 bridgehead atoms. The zero-order valence-electron chi connectivity index (χ0n) is 18.7. The number of nitrogens with one attached hydrogen (secondary N) is 1. The van der Waals surface area contributed by atoms with Gasteiger partial charge in [0.25, 0.3) is 5.82 Å². The third-order valence-corrected chi connectivity index (χ3v) is 5.71. The van der Waals surface area contributed by atoms with Gasteiger partial charge >= 0.3 is 0 Å². The molecule has 8 nitrogen and oxygen atoms in total. The molecular formula is C23H28ClFN7O+. The summed E-state index contributed by atoms with van der Waals surface area (Å²) in [4.78, 5) is 10.2. The molecule has 174 valence electrons. The molecule has 1 aromatic carbocycles. The monoisotopic (exact) mass is 472 g/mol. The largest absolute Gasteiger partial charge is 0.402 e. The molecule has 0 saturated carbocycles. The number of imidazole rings is 1. The third-order valence-electron chi connectivity index (χ3n) is 5.48. The standard InChI is InChI=1S/C23H27ClFN7O/c1-14(26)9-21(27)29-22-11-17(13-31-5-7-33-8-6-31)23-28-15(2)20(32(23)30-22)10-16-3-4-18(24)12-19(16)25/h3-4,9,11-12H,5-8,10,13,26H2,1-2H3,(H2,27,29,30)/p+1/b14-9-. The molecule has 0 amide bonds. The minimum absolute atomic E-state index is 0.324. The molecule has 5 N–H and O–H groups in total. The lowest BCUT2D eigenvalue weighted by Crippen LogP contribution is -2.69. The summed E-state index contributed by atoms with van der Waals surface area (Å²) >= 11 is 5.92. The highest BCUT2D eigenvalue weighted by molar-refractivity contribution is 6.30.